The van der Waals surface area contributed by atoms with Crippen molar-refractivity contribution >= 4 is 35.4 Å². The maximum Gasteiger partial charge on any atom is 0.316 e. The number of carbonyl (C=O) groups is 6. The smallest absolute Gasteiger partial charge is 0.316 e. The number of hydrogen-bond donors (Lipinski definition) is 5. The van der Waals surface area contributed by atoms with Crippen LogP contribution in [0.3, 0.4) is 0 Å². The van der Waals surface area contributed by atoms with Gasteiger partial charge in [0.05, 0.1) is 6.04 Å². The standard InChI is InChI=1S/C30H50N6O6/c1-11-13-17(20(37)25(40)32-14-12-2)33-24(39)19-18-16(30(18,9)10)15-36(19)26(41)22(29(6,7)8)35-27(42)34-21(23(31)38)28(3,4)5/h12,16-19,21-22H,2,11,13-15H2,1,3-10H3,(H2,31,38)(H,32,40)(H,33,39)(H2,34,35,42)/t16-,17?,18-,19-,21+,22+/m0/s1. The van der Waals surface area contributed by atoms with E-state index in [9.17, 15) is 28.8 Å². The first-order valence-electron chi connectivity index (χ1n) is 14.6. The van der Waals surface area contributed by atoms with Crippen molar-refractivity contribution < 1.29 is 28.8 Å². The molecule has 6 amide bonds. The summed E-state index contributed by atoms with van der Waals surface area (Å²) in [5, 5.41) is 10.5. The average molecular weight is 591 g/mol. The zero-order valence-corrected chi connectivity index (χ0v) is 26.6. The van der Waals surface area contributed by atoms with Crippen LogP contribution in [-0.4, -0.2) is 77.6 Å². The number of likely N-dealkylation sites (tertiary alicyclic amines) is 1. The van der Waals surface area contributed by atoms with Crippen LogP contribution in [-0.2, 0) is 24.0 Å². The second-order valence-electron chi connectivity index (χ2n) is 14.2. The molecule has 2 fully saturated rings. The third-order valence-corrected chi connectivity index (χ3v) is 8.42. The fourth-order valence-corrected chi connectivity index (χ4v) is 5.87. The molecule has 42 heavy (non-hydrogen) atoms. The van der Waals surface area contributed by atoms with Crippen LogP contribution in [0.5, 0.6) is 0 Å². The van der Waals surface area contributed by atoms with E-state index >= 15 is 0 Å². The summed E-state index contributed by atoms with van der Waals surface area (Å²) >= 11 is 0. The van der Waals surface area contributed by atoms with Gasteiger partial charge in [0, 0.05) is 13.1 Å². The molecule has 6 N–H and O–H groups in total. The van der Waals surface area contributed by atoms with Crippen molar-refractivity contribution in [1.82, 2.24) is 26.2 Å². The Kier molecular flexibility index (Phi) is 10.6. The van der Waals surface area contributed by atoms with Crippen molar-refractivity contribution in [3.8, 4) is 0 Å². The summed E-state index contributed by atoms with van der Waals surface area (Å²) < 4.78 is 0. The highest BCUT2D eigenvalue weighted by Gasteiger charge is 2.70. The summed E-state index contributed by atoms with van der Waals surface area (Å²) in [6.45, 7) is 20.5. The Labute approximate surface area is 249 Å². The van der Waals surface area contributed by atoms with Gasteiger partial charge in [-0.05, 0) is 34.5 Å². The highest BCUT2D eigenvalue weighted by atomic mass is 16.2. The van der Waals surface area contributed by atoms with E-state index in [1.165, 1.54) is 11.0 Å². The number of primary amides is 1. The van der Waals surface area contributed by atoms with Crippen molar-refractivity contribution in [3.63, 3.8) is 0 Å². The van der Waals surface area contributed by atoms with Crippen LogP contribution in [0, 0.1) is 28.1 Å². The maximum atomic E-state index is 14.1. The first kappa shape index (κ1) is 34.8. The van der Waals surface area contributed by atoms with Crippen LogP contribution in [0.2, 0.25) is 0 Å². The Bertz CT molecular complexity index is 1100. The molecule has 0 aromatic carbocycles. The molecule has 6 atom stereocenters. The minimum atomic E-state index is -1.05. The van der Waals surface area contributed by atoms with E-state index < -0.39 is 70.4 Å². The third kappa shape index (κ3) is 7.69. The van der Waals surface area contributed by atoms with E-state index in [0.29, 0.717) is 13.0 Å². The molecule has 236 valence electrons. The van der Waals surface area contributed by atoms with Gasteiger partial charge in [-0.1, -0.05) is 74.8 Å². The Morgan fingerprint density at radius 3 is 2.00 bits per heavy atom. The first-order chi connectivity index (χ1) is 19.2. The molecule has 1 aliphatic carbocycles. The molecular formula is C30H50N6O6. The summed E-state index contributed by atoms with van der Waals surface area (Å²) in [5.74, 6) is -3.33. The predicted octanol–water partition coefficient (Wildman–Crippen LogP) is 1.24. The van der Waals surface area contributed by atoms with Gasteiger partial charge in [-0.15, -0.1) is 6.58 Å². The fraction of sp³-hybridized carbons (Fsp3) is 0.733. The number of amides is 6. The van der Waals surface area contributed by atoms with Crippen molar-refractivity contribution in [3.05, 3.63) is 12.7 Å². The lowest BCUT2D eigenvalue weighted by Gasteiger charge is -2.38. The quantitative estimate of drug-likeness (QED) is 0.168. The van der Waals surface area contributed by atoms with Gasteiger partial charge in [0.15, 0.2) is 0 Å². The predicted molar refractivity (Wildman–Crippen MR) is 159 cm³/mol. The monoisotopic (exact) mass is 590 g/mol. The van der Waals surface area contributed by atoms with Crippen molar-refractivity contribution in [2.24, 2.45) is 33.8 Å². The molecule has 1 aliphatic heterocycles. The first-order valence-corrected chi connectivity index (χ1v) is 14.6. The van der Waals surface area contributed by atoms with Gasteiger partial charge in [0.1, 0.15) is 18.1 Å². The van der Waals surface area contributed by atoms with Gasteiger partial charge >= 0.3 is 6.03 Å². The van der Waals surface area contributed by atoms with E-state index in [1.807, 2.05) is 20.8 Å². The van der Waals surface area contributed by atoms with E-state index in [4.69, 9.17) is 5.73 Å². The summed E-state index contributed by atoms with van der Waals surface area (Å²) in [5.41, 5.74) is 3.89. The number of nitrogens with zero attached hydrogens (tertiary/aromatic N) is 1. The number of fused-ring (bicyclic) bond motifs is 1. The van der Waals surface area contributed by atoms with E-state index in [-0.39, 0.29) is 30.2 Å². The number of carbonyl (C=O) groups excluding carboxylic acids is 6. The number of urea groups is 1. The van der Waals surface area contributed by atoms with Gasteiger partial charge < -0.3 is 31.9 Å². The lowest BCUT2D eigenvalue weighted by Crippen LogP contribution is -2.63. The zero-order valence-electron chi connectivity index (χ0n) is 26.6. The molecule has 2 rings (SSSR count). The Morgan fingerprint density at radius 2 is 1.52 bits per heavy atom. The fourth-order valence-electron chi connectivity index (χ4n) is 5.87. The minimum Gasteiger partial charge on any atom is -0.368 e. The number of Topliss-reactive ketones (excluding diaryl/α,β-unsaturated/α-hetero) is 1. The van der Waals surface area contributed by atoms with E-state index in [2.05, 4.69) is 27.8 Å². The highest BCUT2D eigenvalue weighted by molar-refractivity contribution is 6.38. The molecule has 2 aliphatic rings. The molecule has 0 aromatic rings. The van der Waals surface area contributed by atoms with Crippen molar-refractivity contribution in [2.45, 2.75) is 99.3 Å². The van der Waals surface area contributed by atoms with E-state index in [0.717, 1.165) is 0 Å². The number of nitrogens with one attached hydrogen (secondary N) is 4. The summed E-state index contributed by atoms with van der Waals surface area (Å²) in [6, 6.07) is -4.69. The third-order valence-electron chi connectivity index (χ3n) is 8.42. The zero-order chi connectivity index (χ0) is 32.4. The van der Waals surface area contributed by atoms with Crippen LogP contribution in [0.15, 0.2) is 12.7 Å². The van der Waals surface area contributed by atoms with Gasteiger partial charge in [0.2, 0.25) is 23.5 Å². The number of rotatable bonds is 12. The molecule has 1 saturated carbocycles. The minimum absolute atomic E-state index is 0.0583. The van der Waals surface area contributed by atoms with Crippen LogP contribution in [0.1, 0.15) is 75.2 Å². The van der Waals surface area contributed by atoms with Gasteiger partial charge in [0.25, 0.3) is 5.91 Å². The number of piperidine rings is 1. The highest BCUT2D eigenvalue weighted by Crippen LogP contribution is 2.65. The SMILES string of the molecule is C=CCNC(=O)C(=O)C(CCC)NC(=O)[C@@H]1[C@@H]2[C@H](CN1C(=O)[C@@H](NC(=O)N[C@H](C(N)=O)C(C)(C)C)C(C)(C)C)C2(C)C. The van der Waals surface area contributed by atoms with Crippen molar-refractivity contribution in [1.29, 1.82) is 0 Å². The molecular weight excluding hydrogens is 540 g/mol. The maximum absolute atomic E-state index is 14.1. The largest absolute Gasteiger partial charge is 0.368 e. The average Bonchev–Trinajstić information content (AvgIpc) is 3.19. The van der Waals surface area contributed by atoms with Gasteiger partial charge in [-0.3, -0.25) is 24.0 Å². The van der Waals surface area contributed by atoms with E-state index in [1.54, 1.807) is 41.5 Å². The van der Waals surface area contributed by atoms with Crippen LogP contribution in [0.4, 0.5) is 4.79 Å². The van der Waals surface area contributed by atoms with Gasteiger partial charge in [-0.2, -0.15) is 0 Å². The topological polar surface area (TPSA) is 180 Å². The number of hydrogen-bond acceptors (Lipinski definition) is 6. The Hall–Kier alpha value is -3.44. The lowest BCUT2D eigenvalue weighted by molar-refractivity contribution is -0.145. The van der Waals surface area contributed by atoms with Gasteiger partial charge in [-0.25, -0.2) is 4.79 Å². The molecule has 1 unspecified atom stereocenters. The Morgan fingerprint density at radius 1 is 0.976 bits per heavy atom. The normalized spacial score (nSPS) is 23.0. The molecule has 12 heteroatoms. The summed E-state index contributed by atoms with van der Waals surface area (Å²) in [6.07, 6.45) is 2.25. The summed E-state index contributed by atoms with van der Waals surface area (Å²) in [4.78, 5) is 79.6. The Balaban J connectivity index is 2.32. The van der Waals surface area contributed by atoms with Crippen molar-refractivity contribution in [2.75, 3.05) is 13.1 Å². The molecule has 0 spiro atoms. The van der Waals surface area contributed by atoms with Crippen LogP contribution >= 0.6 is 0 Å². The molecule has 0 aromatic heterocycles. The summed E-state index contributed by atoms with van der Waals surface area (Å²) in [7, 11) is 0. The molecule has 0 radical (unpaired) electrons. The number of nitrogens with two attached hydrogens (primary N) is 1. The van der Waals surface area contributed by atoms with Crippen LogP contribution in [0.25, 0.3) is 0 Å². The molecule has 1 heterocycles. The number of ketones is 1. The second-order valence-corrected chi connectivity index (χ2v) is 14.2. The second kappa shape index (κ2) is 12.8. The molecule has 12 nitrogen and oxygen atoms in total. The lowest BCUT2D eigenvalue weighted by atomic mass is 9.85. The molecule has 1 saturated heterocycles. The van der Waals surface area contributed by atoms with Crippen LogP contribution < -0.4 is 27.0 Å². The molecule has 0 bridgehead atoms.